The summed E-state index contributed by atoms with van der Waals surface area (Å²) in [6.07, 6.45) is 0. The summed E-state index contributed by atoms with van der Waals surface area (Å²) in [4.78, 5) is 0. The molecule has 0 aliphatic heterocycles. The molecule has 0 unspecified atom stereocenters. The molecule has 0 aromatic rings. The predicted molar refractivity (Wildman–Crippen MR) is 16.4 cm³/mol. The fraction of sp³-hybridized carbons (Fsp3) is 0. The van der Waals surface area contributed by atoms with Crippen LogP contribution in [0.2, 0.25) is 0 Å². The standard InChI is InChI=1S/Li.Na.H2O4S.V.2H/c;;1-5(2,3)4;;;/h;;(H2,1,2,3,4);;;/q2*+1;;;2*-1. The van der Waals surface area contributed by atoms with Gasteiger partial charge in [0.05, 0.1) is 0 Å². The first kappa shape index (κ1) is 22.5. The normalized spacial score (nSPS) is 7.25. The van der Waals surface area contributed by atoms with E-state index in [1.54, 1.807) is 0 Å². The summed E-state index contributed by atoms with van der Waals surface area (Å²) in [7, 11) is -4.67. The second-order valence-electron chi connectivity index (χ2n) is 0.448. The Hall–Kier alpha value is 2.05. The van der Waals surface area contributed by atoms with Crippen LogP contribution in [-0.4, -0.2) is 17.5 Å². The van der Waals surface area contributed by atoms with E-state index < -0.39 is 10.4 Å². The van der Waals surface area contributed by atoms with Gasteiger partial charge in [0, 0.05) is 18.6 Å². The minimum atomic E-state index is -4.67. The zero-order valence-corrected chi connectivity index (χ0v) is 8.78. The summed E-state index contributed by atoms with van der Waals surface area (Å²) in [5.74, 6) is 0. The van der Waals surface area contributed by atoms with Crippen molar-refractivity contribution in [3.63, 3.8) is 0 Å². The molecule has 2 N–H and O–H groups in total. The molecule has 0 spiro atoms. The van der Waals surface area contributed by atoms with Crippen molar-refractivity contribution in [1.29, 1.82) is 0 Å². The maximum atomic E-state index is 8.74. The third-order valence-corrected chi connectivity index (χ3v) is 0. The van der Waals surface area contributed by atoms with Gasteiger partial charge in [-0.3, -0.25) is 9.11 Å². The van der Waals surface area contributed by atoms with Gasteiger partial charge >= 0.3 is 58.8 Å². The van der Waals surface area contributed by atoms with Gasteiger partial charge in [-0.25, -0.2) is 0 Å². The molecule has 8 heavy (non-hydrogen) atoms. The summed E-state index contributed by atoms with van der Waals surface area (Å²) in [6.45, 7) is 0. The molecular weight excluding hydrogens is 177 g/mol. The fourth-order valence-corrected chi connectivity index (χ4v) is 0. The van der Waals surface area contributed by atoms with Crippen molar-refractivity contribution in [3.8, 4) is 0 Å². The Morgan fingerprint density at radius 2 is 1.25 bits per heavy atom. The molecule has 0 atom stereocenters. The maximum absolute atomic E-state index is 8.74. The van der Waals surface area contributed by atoms with Gasteiger partial charge in [-0.05, 0) is 0 Å². The van der Waals surface area contributed by atoms with Crippen molar-refractivity contribution in [1.82, 2.24) is 0 Å². The van der Waals surface area contributed by atoms with Crippen LogP contribution in [0.4, 0.5) is 0 Å². The van der Waals surface area contributed by atoms with Crippen LogP contribution in [0.5, 0.6) is 0 Å². The molecule has 0 heterocycles. The second-order valence-corrected chi connectivity index (χ2v) is 1.34. The molecule has 0 aliphatic rings. The molecular formula is H4LiNaO4SV. The number of hydrogen-bond donors (Lipinski definition) is 2. The number of rotatable bonds is 0. The van der Waals surface area contributed by atoms with Gasteiger partial charge in [0.1, 0.15) is 0 Å². The van der Waals surface area contributed by atoms with E-state index in [0.29, 0.717) is 0 Å². The van der Waals surface area contributed by atoms with Crippen LogP contribution in [0.15, 0.2) is 0 Å². The topological polar surface area (TPSA) is 74.6 Å². The molecule has 0 rings (SSSR count). The van der Waals surface area contributed by atoms with E-state index in [-0.39, 0.29) is 69.8 Å². The first-order valence-corrected chi connectivity index (χ1v) is 2.10. The van der Waals surface area contributed by atoms with Gasteiger partial charge in [-0.2, -0.15) is 8.42 Å². The second kappa shape index (κ2) is 9.05. The van der Waals surface area contributed by atoms with Crippen LogP contribution in [0.25, 0.3) is 0 Å². The quantitative estimate of drug-likeness (QED) is 0.288. The van der Waals surface area contributed by atoms with E-state index >= 15 is 0 Å². The van der Waals surface area contributed by atoms with Gasteiger partial charge in [-0.15, -0.1) is 0 Å². The SMILES string of the molecule is O=S(=O)(O)O.[H-].[H-].[Li+].[Na+].[V]. The van der Waals surface area contributed by atoms with Gasteiger partial charge in [-0.1, -0.05) is 0 Å². The summed E-state index contributed by atoms with van der Waals surface area (Å²) in [6, 6.07) is 0. The molecule has 0 amide bonds. The monoisotopic (exact) mass is 181 g/mol. The van der Waals surface area contributed by atoms with Crippen LogP contribution in [-0.2, 0) is 29.0 Å². The van der Waals surface area contributed by atoms with E-state index in [9.17, 15) is 0 Å². The van der Waals surface area contributed by atoms with E-state index in [2.05, 4.69) is 0 Å². The third kappa shape index (κ3) is 95.1. The Labute approximate surface area is 96.7 Å². The van der Waals surface area contributed by atoms with Crippen molar-refractivity contribution in [3.05, 3.63) is 0 Å². The molecule has 4 nitrogen and oxygen atoms in total. The summed E-state index contributed by atoms with van der Waals surface area (Å²) >= 11 is 0. The zero-order chi connectivity index (χ0) is 4.50. The summed E-state index contributed by atoms with van der Waals surface area (Å²) < 4.78 is 31.6. The first-order chi connectivity index (χ1) is 2.00. The van der Waals surface area contributed by atoms with Gasteiger partial charge in [0.15, 0.2) is 0 Å². The Morgan fingerprint density at radius 3 is 1.25 bits per heavy atom. The minimum Gasteiger partial charge on any atom is -1.00 e. The Kier molecular flexibility index (Phi) is 25.4. The molecule has 8 heteroatoms. The van der Waals surface area contributed by atoms with Crippen molar-refractivity contribution in [2.24, 2.45) is 0 Å². The fourth-order valence-electron chi connectivity index (χ4n) is 0. The van der Waals surface area contributed by atoms with Crippen LogP contribution >= 0.6 is 0 Å². The van der Waals surface area contributed by atoms with Crippen molar-refractivity contribution >= 4 is 10.4 Å². The maximum Gasteiger partial charge on any atom is 1.00 e. The first-order valence-electron chi connectivity index (χ1n) is 0.698. The Balaban J connectivity index is -0.00000000800. The largest absolute Gasteiger partial charge is 1.00 e. The smallest absolute Gasteiger partial charge is 1.00 e. The predicted octanol–water partition coefficient (Wildman–Crippen LogP) is -6.42. The van der Waals surface area contributed by atoms with Gasteiger partial charge < -0.3 is 2.85 Å². The summed E-state index contributed by atoms with van der Waals surface area (Å²) in [5, 5.41) is 0. The molecule has 1 radical (unpaired) electrons. The van der Waals surface area contributed by atoms with Gasteiger partial charge in [0.2, 0.25) is 0 Å². The molecule has 0 bridgehead atoms. The average Bonchev–Trinajstić information content (AvgIpc) is 0.722. The number of hydrogen-bond acceptors (Lipinski definition) is 2. The van der Waals surface area contributed by atoms with Crippen molar-refractivity contribution in [2.45, 2.75) is 0 Å². The van der Waals surface area contributed by atoms with Crippen LogP contribution < -0.4 is 48.4 Å². The van der Waals surface area contributed by atoms with Crippen LogP contribution in [0.1, 0.15) is 2.85 Å². The third-order valence-electron chi connectivity index (χ3n) is 0. The Morgan fingerprint density at radius 1 is 1.25 bits per heavy atom. The molecule has 41 valence electrons. The van der Waals surface area contributed by atoms with Gasteiger partial charge in [0.25, 0.3) is 0 Å². The van der Waals surface area contributed by atoms with E-state index in [0.717, 1.165) is 0 Å². The molecule has 0 aromatic carbocycles. The zero-order valence-electron chi connectivity index (χ0n) is 6.57. The Bertz CT molecular complexity index is 106. The van der Waals surface area contributed by atoms with E-state index in [1.165, 1.54) is 0 Å². The van der Waals surface area contributed by atoms with E-state index in [4.69, 9.17) is 17.5 Å². The van der Waals surface area contributed by atoms with Crippen LogP contribution in [0, 0.1) is 0 Å². The van der Waals surface area contributed by atoms with E-state index in [1.807, 2.05) is 0 Å². The molecule has 0 aromatic heterocycles. The molecule has 0 fully saturated rings. The van der Waals surface area contributed by atoms with Crippen LogP contribution in [0.3, 0.4) is 0 Å². The minimum absolute atomic E-state index is 0. The molecule has 0 aliphatic carbocycles. The van der Waals surface area contributed by atoms with Crippen molar-refractivity contribution in [2.75, 3.05) is 0 Å². The summed E-state index contributed by atoms with van der Waals surface area (Å²) in [5.41, 5.74) is 0. The average molecular weight is 181 g/mol. The van der Waals surface area contributed by atoms with Crippen molar-refractivity contribution < 1.29 is 87.4 Å². The molecule has 0 saturated heterocycles. The molecule has 0 saturated carbocycles.